The third-order valence-corrected chi connectivity index (χ3v) is 3.19. The van der Waals surface area contributed by atoms with E-state index in [0.29, 0.717) is 6.54 Å². The predicted molar refractivity (Wildman–Crippen MR) is 70.8 cm³/mol. The number of carbonyl (C=O) groups is 1. The van der Waals surface area contributed by atoms with Crippen LogP contribution in [-0.4, -0.2) is 11.4 Å². The normalized spacial score (nSPS) is 11.4. The summed E-state index contributed by atoms with van der Waals surface area (Å²) in [7, 11) is 0. The first kappa shape index (κ1) is 13.7. The molecule has 0 aromatic heterocycles. The molecule has 3 N–H and O–H groups in total. The molecule has 0 atom stereocenters. The highest BCUT2D eigenvalue weighted by Crippen LogP contribution is 2.17. The van der Waals surface area contributed by atoms with Gasteiger partial charge in [-0.05, 0) is 56.9 Å². The van der Waals surface area contributed by atoms with Crippen LogP contribution < -0.4 is 11.1 Å². The Balaban J connectivity index is 2.78. The second-order valence-electron chi connectivity index (χ2n) is 5.20. The Labute approximate surface area is 103 Å². The van der Waals surface area contributed by atoms with Gasteiger partial charge in [0.1, 0.15) is 0 Å². The summed E-state index contributed by atoms with van der Waals surface area (Å²) in [5.74, 6) is -0.130. The molecule has 3 nitrogen and oxygen atoms in total. The van der Waals surface area contributed by atoms with Crippen molar-refractivity contribution in [3.05, 3.63) is 34.4 Å². The van der Waals surface area contributed by atoms with Gasteiger partial charge >= 0.3 is 0 Å². The van der Waals surface area contributed by atoms with Crippen molar-refractivity contribution in [2.75, 3.05) is 0 Å². The maximum Gasteiger partial charge on any atom is 0.239 e. The molecule has 0 heterocycles. The second-order valence-corrected chi connectivity index (χ2v) is 5.20. The van der Waals surface area contributed by atoms with Crippen molar-refractivity contribution in [3.8, 4) is 0 Å². The van der Waals surface area contributed by atoms with E-state index in [1.54, 1.807) is 13.8 Å². The maximum absolute atomic E-state index is 11.7. The SMILES string of the molecule is Cc1ccc(CNC(=O)C(C)(C)N)c(C)c1C. The van der Waals surface area contributed by atoms with Crippen molar-refractivity contribution in [1.29, 1.82) is 0 Å². The number of nitrogens with one attached hydrogen (secondary N) is 1. The fourth-order valence-corrected chi connectivity index (χ4v) is 1.61. The van der Waals surface area contributed by atoms with Gasteiger partial charge < -0.3 is 11.1 Å². The van der Waals surface area contributed by atoms with Gasteiger partial charge in [0.05, 0.1) is 5.54 Å². The van der Waals surface area contributed by atoms with E-state index < -0.39 is 5.54 Å². The average molecular weight is 234 g/mol. The number of amides is 1. The standard InChI is InChI=1S/C14H22N2O/c1-9-6-7-12(11(3)10(9)2)8-16-13(17)14(4,5)15/h6-7H,8,15H2,1-5H3,(H,16,17). The van der Waals surface area contributed by atoms with E-state index in [0.717, 1.165) is 5.56 Å². The third-order valence-electron chi connectivity index (χ3n) is 3.19. The number of benzene rings is 1. The minimum absolute atomic E-state index is 0.130. The first-order valence-corrected chi connectivity index (χ1v) is 5.86. The number of carbonyl (C=O) groups excluding carboxylic acids is 1. The Morgan fingerprint density at radius 1 is 1.24 bits per heavy atom. The number of hydrogen-bond donors (Lipinski definition) is 2. The van der Waals surface area contributed by atoms with E-state index in [-0.39, 0.29) is 5.91 Å². The molecule has 0 saturated heterocycles. The van der Waals surface area contributed by atoms with E-state index in [9.17, 15) is 4.79 Å². The van der Waals surface area contributed by atoms with Crippen LogP contribution >= 0.6 is 0 Å². The third kappa shape index (κ3) is 3.30. The lowest BCUT2D eigenvalue weighted by molar-refractivity contribution is -0.125. The minimum atomic E-state index is -0.826. The van der Waals surface area contributed by atoms with Crippen LogP contribution in [0.1, 0.15) is 36.1 Å². The molecule has 1 amide bonds. The van der Waals surface area contributed by atoms with E-state index in [1.165, 1.54) is 16.7 Å². The molecular weight excluding hydrogens is 212 g/mol. The summed E-state index contributed by atoms with van der Waals surface area (Å²) in [6, 6.07) is 4.14. The number of aryl methyl sites for hydroxylation is 1. The minimum Gasteiger partial charge on any atom is -0.350 e. The van der Waals surface area contributed by atoms with E-state index in [2.05, 4.69) is 38.2 Å². The Bertz CT molecular complexity index is 431. The largest absolute Gasteiger partial charge is 0.350 e. The molecule has 0 aliphatic rings. The van der Waals surface area contributed by atoms with Crippen LogP contribution in [-0.2, 0) is 11.3 Å². The lowest BCUT2D eigenvalue weighted by Gasteiger charge is -2.19. The molecule has 0 fully saturated rings. The van der Waals surface area contributed by atoms with E-state index >= 15 is 0 Å². The van der Waals surface area contributed by atoms with Gasteiger partial charge in [-0.25, -0.2) is 0 Å². The summed E-state index contributed by atoms with van der Waals surface area (Å²) in [5, 5.41) is 2.86. The Morgan fingerprint density at radius 3 is 2.35 bits per heavy atom. The summed E-state index contributed by atoms with van der Waals surface area (Å²) in [4.78, 5) is 11.7. The molecule has 17 heavy (non-hydrogen) atoms. The molecule has 0 unspecified atom stereocenters. The Morgan fingerprint density at radius 2 is 1.82 bits per heavy atom. The van der Waals surface area contributed by atoms with Crippen molar-refractivity contribution < 1.29 is 4.79 Å². The molecule has 1 rings (SSSR count). The zero-order valence-corrected chi connectivity index (χ0v) is 11.3. The summed E-state index contributed by atoms with van der Waals surface area (Å²) in [5.41, 5.74) is 9.83. The van der Waals surface area contributed by atoms with Crippen LogP contribution in [0.2, 0.25) is 0 Å². The van der Waals surface area contributed by atoms with Crippen molar-refractivity contribution >= 4 is 5.91 Å². The van der Waals surface area contributed by atoms with Gasteiger partial charge in [-0.2, -0.15) is 0 Å². The smallest absolute Gasteiger partial charge is 0.239 e. The fourth-order valence-electron chi connectivity index (χ4n) is 1.61. The van der Waals surface area contributed by atoms with Crippen molar-refractivity contribution in [2.24, 2.45) is 5.73 Å². The maximum atomic E-state index is 11.7. The van der Waals surface area contributed by atoms with Gasteiger partial charge in [0, 0.05) is 6.54 Å². The molecule has 0 aliphatic carbocycles. The molecule has 0 spiro atoms. The molecule has 0 aliphatic heterocycles. The predicted octanol–water partition coefficient (Wildman–Crippen LogP) is 1.97. The molecule has 0 bridgehead atoms. The number of nitrogens with two attached hydrogens (primary N) is 1. The average Bonchev–Trinajstić information content (AvgIpc) is 2.23. The van der Waals surface area contributed by atoms with Crippen molar-refractivity contribution in [1.82, 2.24) is 5.32 Å². The van der Waals surface area contributed by atoms with Gasteiger partial charge in [0.25, 0.3) is 0 Å². The van der Waals surface area contributed by atoms with Crippen LogP contribution in [0.25, 0.3) is 0 Å². The molecule has 1 aromatic rings. The molecule has 94 valence electrons. The Hall–Kier alpha value is -1.35. The summed E-state index contributed by atoms with van der Waals surface area (Å²) in [6.07, 6.45) is 0. The van der Waals surface area contributed by atoms with Crippen LogP contribution in [0.15, 0.2) is 12.1 Å². The van der Waals surface area contributed by atoms with E-state index in [1.807, 2.05) is 0 Å². The van der Waals surface area contributed by atoms with Crippen molar-refractivity contribution in [2.45, 2.75) is 46.7 Å². The molecule has 3 heteroatoms. The lowest BCUT2D eigenvalue weighted by atomic mass is 9.98. The zero-order chi connectivity index (χ0) is 13.2. The highest BCUT2D eigenvalue weighted by Gasteiger charge is 2.21. The van der Waals surface area contributed by atoms with Gasteiger partial charge in [-0.15, -0.1) is 0 Å². The zero-order valence-electron chi connectivity index (χ0n) is 11.3. The highest BCUT2D eigenvalue weighted by atomic mass is 16.2. The number of hydrogen-bond acceptors (Lipinski definition) is 2. The highest BCUT2D eigenvalue weighted by molar-refractivity contribution is 5.85. The molecule has 1 aromatic carbocycles. The summed E-state index contributed by atoms with van der Waals surface area (Å²) >= 11 is 0. The van der Waals surface area contributed by atoms with Gasteiger partial charge in [-0.3, -0.25) is 4.79 Å². The lowest BCUT2D eigenvalue weighted by Crippen LogP contribution is -2.48. The Kier molecular flexibility index (Phi) is 3.94. The number of rotatable bonds is 3. The van der Waals surface area contributed by atoms with Gasteiger partial charge in [0.15, 0.2) is 0 Å². The topological polar surface area (TPSA) is 55.1 Å². The fraction of sp³-hybridized carbons (Fsp3) is 0.500. The first-order chi connectivity index (χ1) is 7.73. The molecular formula is C14H22N2O. The van der Waals surface area contributed by atoms with Crippen LogP contribution in [0.4, 0.5) is 0 Å². The first-order valence-electron chi connectivity index (χ1n) is 5.86. The quantitative estimate of drug-likeness (QED) is 0.840. The van der Waals surface area contributed by atoms with Crippen molar-refractivity contribution in [3.63, 3.8) is 0 Å². The van der Waals surface area contributed by atoms with E-state index in [4.69, 9.17) is 5.73 Å². The van der Waals surface area contributed by atoms with Crippen LogP contribution in [0.3, 0.4) is 0 Å². The van der Waals surface area contributed by atoms with Gasteiger partial charge in [-0.1, -0.05) is 12.1 Å². The summed E-state index contributed by atoms with van der Waals surface area (Å²) in [6.45, 7) is 10.2. The van der Waals surface area contributed by atoms with Crippen LogP contribution in [0, 0.1) is 20.8 Å². The van der Waals surface area contributed by atoms with Crippen LogP contribution in [0.5, 0.6) is 0 Å². The monoisotopic (exact) mass is 234 g/mol. The summed E-state index contributed by atoms with van der Waals surface area (Å²) < 4.78 is 0. The van der Waals surface area contributed by atoms with Gasteiger partial charge in [0.2, 0.25) is 5.91 Å². The molecule has 0 saturated carbocycles. The second kappa shape index (κ2) is 4.88. The molecule has 0 radical (unpaired) electrons.